The average molecular weight is 791 g/mol. The summed E-state index contributed by atoms with van der Waals surface area (Å²) >= 11 is 2.01. The summed E-state index contributed by atoms with van der Waals surface area (Å²) in [6.07, 6.45) is 1.15. The van der Waals surface area contributed by atoms with E-state index >= 15 is 0 Å². The lowest BCUT2D eigenvalue weighted by atomic mass is 9.36. The predicted molar refractivity (Wildman–Crippen MR) is 260 cm³/mol. The highest BCUT2D eigenvalue weighted by Gasteiger charge is 2.47. The number of benzene rings is 6. The van der Waals surface area contributed by atoms with Crippen LogP contribution >= 0.6 is 11.3 Å². The van der Waals surface area contributed by atoms with Crippen molar-refractivity contribution < 1.29 is 0 Å². The second-order valence-electron chi connectivity index (χ2n) is 22.3. The van der Waals surface area contributed by atoms with Crippen molar-refractivity contribution in [2.24, 2.45) is 0 Å². The fourth-order valence-electron chi connectivity index (χ4n) is 10.9. The molecular formula is C55H59BN2S. The first-order valence-electron chi connectivity index (χ1n) is 21.8. The molecule has 3 aliphatic rings. The largest absolute Gasteiger partial charge is 0.311 e. The van der Waals surface area contributed by atoms with E-state index in [4.69, 9.17) is 0 Å². The monoisotopic (exact) mass is 790 g/mol. The molecule has 6 aromatic carbocycles. The zero-order valence-corrected chi connectivity index (χ0v) is 38.3. The fourth-order valence-corrected chi connectivity index (χ4v) is 12.2. The van der Waals surface area contributed by atoms with E-state index in [0.717, 1.165) is 6.42 Å². The summed E-state index contributed by atoms with van der Waals surface area (Å²) in [6, 6.07) is 43.3. The Balaban J connectivity index is 1.30. The van der Waals surface area contributed by atoms with Crippen LogP contribution in [0.1, 0.15) is 124 Å². The summed E-state index contributed by atoms with van der Waals surface area (Å²) in [5.41, 5.74) is 17.8. The molecule has 1 aliphatic carbocycles. The Morgan fingerprint density at radius 2 is 1.12 bits per heavy atom. The molecule has 0 N–H and O–H groups in total. The average Bonchev–Trinajstić information content (AvgIpc) is 3.61. The maximum Gasteiger partial charge on any atom is 0.264 e. The van der Waals surface area contributed by atoms with Crippen LogP contribution < -0.4 is 25.5 Å². The van der Waals surface area contributed by atoms with Crippen LogP contribution in [0.5, 0.6) is 0 Å². The standard InChI is InChI=1S/C55H59BN2S/c1-51(2,3)35-19-22-38(23-20-35)57-44-26-21-37(53(7,8)9)30-43(44)56-48-45(57)15-14-16-46(48)58(39-24-25-41-42(31-39)55(12,13)32-54(41,10)11)49-40-28-34-27-36(52(4,5)6)18-17-33(34)29-47(40)59-50(49)56/h14-31H,32H2,1-13H3. The number of hydrogen-bond acceptors (Lipinski definition) is 3. The van der Waals surface area contributed by atoms with Crippen molar-refractivity contribution in [3.05, 3.63) is 137 Å². The molecule has 0 saturated heterocycles. The lowest BCUT2D eigenvalue weighted by Crippen LogP contribution is -2.60. The van der Waals surface area contributed by atoms with E-state index in [9.17, 15) is 0 Å². The van der Waals surface area contributed by atoms with Gasteiger partial charge in [0, 0.05) is 43.3 Å². The summed E-state index contributed by atoms with van der Waals surface area (Å²) in [5.74, 6) is 0. The van der Waals surface area contributed by atoms with Crippen LogP contribution in [-0.4, -0.2) is 6.71 Å². The van der Waals surface area contributed by atoms with Crippen molar-refractivity contribution in [3.63, 3.8) is 0 Å². The predicted octanol–water partition coefficient (Wildman–Crippen LogP) is 14.0. The third-order valence-electron chi connectivity index (χ3n) is 13.9. The minimum absolute atomic E-state index is 0.00515. The van der Waals surface area contributed by atoms with Gasteiger partial charge in [0.05, 0.1) is 5.69 Å². The van der Waals surface area contributed by atoms with Gasteiger partial charge in [-0.2, -0.15) is 0 Å². The van der Waals surface area contributed by atoms with E-state index < -0.39 is 0 Å². The van der Waals surface area contributed by atoms with Gasteiger partial charge in [-0.25, -0.2) is 0 Å². The van der Waals surface area contributed by atoms with Gasteiger partial charge in [0.15, 0.2) is 0 Å². The first-order chi connectivity index (χ1) is 27.6. The van der Waals surface area contributed by atoms with Crippen LogP contribution in [0, 0.1) is 0 Å². The van der Waals surface area contributed by atoms with Crippen molar-refractivity contribution in [3.8, 4) is 0 Å². The summed E-state index contributed by atoms with van der Waals surface area (Å²) in [4.78, 5) is 5.21. The molecule has 0 fully saturated rings. The topological polar surface area (TPSA) is 6.48 Å². The van der Waals surface area contributed by atoms with Crippen LogP contribution in [0.2, 0.25) is 0 Å². The Labute approximate surface area is 357 Å². The molecule has 59 heavy (non-hydrogen) atoms. The van der Waals surface area contributed by atoms with E-state index in [-0.39, 0.29) is 33.8 Å². The van der Waals surface area contributed by atoms with Crippen LogP contribution in [-0.2, 0) is 27.1 Å². The minimum atomic E-state index is 0.00515. The molecule has 0 spiro atoms. The molecule has 7 aromatic rings. The highest BCUT2D eigenvalue weighted by atomic mass is 32.1. The Morgan fingerprint density at radius 1 is 0.525 bits per heavy atom. The van der Waals surface area contributed by atoms with Crippen LogP contribution in [0.25, 0.3) is 20.9 Å². The Morgan fingerprint density at radius 3 is 1.80 bits per heavy atom. The Hall–Kier alpha value is -4.80. The van der Waals surface area contributed by atoms with E-state index in [1.165, 1.54) is 98.5 Å². The molecule has 4 heteroatoms. The Bertz CT molecular complexity index is 2870. The van der Waals surface area contributed by atoms with E-state index in [0.29, 0.717) is 0 Å². The first-order valence-corrected chi connectivity index (χ1v) is 22.6. The Kier molecular flexibility index (Phi) is 8.06. The van der Waals surface area contributed by atoms with Gasteiger partial charge in [0.25, 0.3) is 6.71 Å². The molecule has 3 heterocycles. The van der Waals surface area contributed by atoms with E-state index in [1.54, 1.807) is 0 Å². The number of thiophene rings is 1. The molecule has 10 rings (SSSR count). The van der Waals surface area contributed by atoms with Crippen molar-refractivity contribution >= 4 is 88.7 Å². The van der Waals surface area contributed by atoms with Gasteiger partial charge in [-0.3, -0.25) is 0 Å². The molecule has 0 amide bonds. The number of anilines is 6. The summed E-state index contributed by atoms with van der Waals surface area (Å²) in [6.45, 7) is 30.7. The number of hydrogen-bond donors (Lipinski definition) is 0. The molecular weight excluding hydrogens is 731 g/mol. The molecule has 0 bridgehead atoms. The second-order valence-corrected chi connectivity index (χ2v) is 23.4. The maximum absolute atomic E-state index is 2.66. The zero-order chi connectivity index (χ0) is 41.8. The van der Waals surface area contributed by atoms with Gasteiger partial charge in [-0.1, -0.05) is 145 Å². The van der Waals surface area contributed by atoms with Crippen molar-refractivity contribution in [2.45, 2.75) is 124 Å². The quantitative estimate of drug-likeness (QED) is 0.161. The van der Waals surface area contributed by atoms with E-state index in [2.05, 4.69) is 209 Å². The summed E-state index contributed by atoms with van der Waals surface area (Å²) < 4.78 is 2.78. The zero-order valence-electron chi connectivity index (χ0n) is 37.5. The highest BCUT2D eigenvalue weighted by Crippen LogP contribution is 2.53. The number of nitrogens with zero attached hydrogens (tertiary/aromatic N) is 2. The highest BCUT2D eigenvalue weighted by molar-refractivity contribution is 7.33. The summed E-state index contributed by atoms with van der Waals surface area (Å²) in [7, 11) is 0. The third-order valence-corrected chi connectivity index (χ3v) is 15.1. The molecule has 0 atom stereocenters. The van der Waals surface area contributed by atoms with E-state index in [1.807, 2.05) is 11.3 Å². The molecule has 2 aliphatic heterocycles. The smallest absolute Gasteiger partial charge is 0.264 e. The van der Waals surface area contributed by atoms with Crippen LogP contribution in [0.15, 0.2) is 109 Å². The first kappa shape index (κ1) is 38.4. The SMILES string of the molecule is CC(C)(C)c1ccc(N2c3ccc(C(C)(C)C)cc3B3c4sc5cc6ccc(C(C)(C)C)cc6cc5c4N(c4ccc5c(c4)C(C)(C)CC5(C)C)c4cccc2c43)cc1. The minimum Gasteiger partial charge on any atom is -0.311 e. The van der Waals surface area contributed by atoms with Crippen molar-refractivity contribution in [1.82, 2.24) is 0 Å². The molecule has 0 unspecified atom stereocenters. The molecule has 0 saturated carbocycles. The molecule has 298 valence electrons. The maximum atomic E-state index is 2.66. The van der Waals surface area contributed by atoms with Gasteiger partial charge >= 0.3 is 0 Å². The number of rotatable bonds is 2. The summed E-state index contributed by atoms with van der Waals surface area (Å²) in [5, 5.41) is 3.96. The van der Waals surface area contributed by atoms with Gasteiger partial charge < -0.3 is 9.80 Å². The molecule has 0 radical (unpaired) electrons. The van der Waals surface area contributed by atoms with Crippen molar-refractivity contribution in [2.75, 3.05) is 9.80 Å². The lowest BCUT2D eigenvalue weighted by Gasteiger charge is -2.43. The van der Waals surface area contributed by atoms with Gasteiger partial charge in [0.2, 0.25) is 0 Å². The van der Waals surface area contributed by atoms with Gasteiger partial charge in [0.1, 0.15) is 0 Å². The van der Waals surface area contributed by atoms with Gasteiger partial charge in [-0.15, -0.1) is 11.3 Å². The molecule has 1 aromatic heterocycles. The normalized spacial score (nSPS) is 16.7. The van der Waals surface area contributed by atoms with Crippen LogP contribution in [0.3, 0.4) is 0 Å². The number of fused-ring (bicyclic) bond motifs is 8. The van der Waals surface area contributed by atoms with Crippen molar-refractivity contribution in [1.29, 1.82) is 0 Å². The third kappa shape index (κ3) is 5.87. The lowest BCUT2D eigenvalue weighted by molar-refractivity contribution is 0.403. The fraction of sp³-hybridized carbons (Fsp3) is 0.345. The van der Waals surface area contributed by atoms with Gasteiger partial charge in [-0.05, 0) is 138 Å². The molecule has 2 nitrogen and oxygen atoms in total. The second kappa shape index (κ2) is 12.4. The van der Waals surface area contributed by atoms with Crippen LogP contribution in [0.4, 0.5) is 34.1 Å².